The molecule has 38 heavy (non-hydrogen) atoms. The van der Waals surface area contributed by atoms with Gasteiger partial charge in [-0.3, -0.25) is 4.79 Å². The molecule has 0 aromatic heterocycles. The molecule has 4 rings (SSSR count). The Morgan fingerprint density at radius 3 is 1.68 bits per heavy atom. The third-order valence-electron chi connectivity index (χ3n) is 5.90. The van der Waals surface area contributed by atoms with Gasteiger partial charge in [-0.15, -0.1) is 0 Å². The lowest BCUT2D eigenvalue weighted by Gasteiger charge is -2.33. The maximum absolute atomic E-state index is 13.1. The van der Waals surface area contributed by atoms with Gasteiger partial charge in [0, 0.05) is 6.92 Å². The van der Waals surface area contributed by atoms with Crippen molar-refractivity contribution in [3.8, 4) is 0 Å². The van der Waals surface area contributed by atoms with Crippen molar-refractivity contribution >= 4 is 23.9 Å². The van der Waals surface area contributed by atoms with Crippen LogP contribution in [0.15, 0.2) is 91.0 Å². The van der Waals surface area contributed by atoms with E-state index in [2.05, 4.69) is 0 Å². The predicted molar refractivity (Wildman–Crippen MR) is 133 cm³/mol. The summed E-state index contributed by atoms with van der Waals surface area (Å²) in [7, 11) is 0. The van der Waals surface area contributed by atoms with Crippen molar-refractivity contribution in [3.63, 3.8) is 0 Å². The number of rotatable bonds is 8. The van der Waals surface area contributed by atoms with Gasteiger partial charge in [-0.25, -0.2) is 14.4 Å². The largest absolute Gasteiger partial charge is 0.459 e. The first kappa shape index (κ1) is 26.6. The Morgan fingerprint density at radius 2 is 1.18 bits per heavy atom. The van der Waals surface area contributed by atoms with Crippen LogP contribution in [0.5, 0.6) is 0 Å². The minimum Gasteiger partial charge on any atom is -0.459 e. The van der Waals surface area contributed by atoms with E-state index in [0.29, 0.717) is 5.56 Å². The fourth-order valence-electron chi connectivity index (χ4n) is 4.00. The molecule has 1 aliphatic rings. The highest BCUT2D eigenvalue weighted by atomic mass is 16.8. The minimum atomic E-state index is -1.78. The molecule has 1 saturated heterocycles. The molecule has 0 aliphatic carbocycles. The summed E-state index contributed by atoms with van der Waals surface area (Å²) in [4.78, 5) is 50.6. The molecule has 0 amide bonds. The van der Waals surface area contributed by atoms with Crippen molar-refractivity contribution in [2.45, 2.75) is 37.9 Å². The maximum Gasteiger partial charge on any atom is 0.339 e. The Bertz CT molecular complexity index is 1280. The number of carbonyl (C=O) groups is 4. The summed E-state index contributed by atoms with van der Waals surface area (Å²) in [5.74, 6) is -2.84. The lowest BCUT2D eigenvalue weighted by Crippen LogP contribution is -2.52. The SMILES string of the molecule is CC(=O)OC1O[C@H](COC(=O)c2ccccc2)[C@@H](OC(=O)c2ccccc2)[C@@]1(C)OC(=O)c1ccccc1. The fraction of sp³-hybridized carbons (Fsp3) is 0.241. The molecule has 0 spiro atoms. The summed E-state index contributed by atoms with van der Waals surface area (Å²) in [6, 6.07) is 24.6. The lowest BCUT2D eigenvalue weighted by atomic mass is 9.96. The van der Waals surface area contributed by atoms with Gasteiger partial charge in [0.25, 0.3) is 0 Å². The highest BCUT2D eigenvalue weighted by Crippen LogP contribution is 2.39. The van der Waals surface area contributed by atoms with Gasteiger partial charge in [0.1, 0.15) is 12.7 Å². The van der Waals surface area contributed by atoms with E-state index in [4.69, 9.17) is 23.7 Å². The van der Waals surface area contributed by atoms with Crippen LogP contribution in [-0.4, -0.2) is 54.6 Å². The second-order valence-corrected chi connectivity index (χ2v) is 8.71. The van der Waals surface area contributed by atoms with Crippen LogP contribution in [0.25, 0.3) is 0 Å². The monoisotopic (exact) mass is 518 g/mol. The number of benzene rings is 3. The van der Waals surface area contributed by atoms with Crippen LogP contribution in [0.1, 0.15) is 44.9 Å². The highest BCUT2D eigenvalue weighted by Gasteiger charge is 2.61. The third kappa shape index (κ3) is 6.07. The van der Waals surface area contributed by atoms with Crippen LogP contribution >= 0.6 is 0 Å². The second-order valence-electron chi connectivity index (χ2n) is 8.71. The molecule has 9 heteroatoms. The van der Waals surface area contributed by atoms with Crippen molar-refractivity contribution in [3.05, 3.63) is 108 Å². The Balaban J connectivity index is 1.64. The first-order chi connectivity index (χ1) is 18.3. The summed E-state index contributed by atoms with van der Waals surface area (Å²) in [5, 5.41) is 0. The Hall–Kier alpha value is -4.50. The van der Waals surface area contributed by atoms with E-state index in [1.165, 1.54) is 6.92 Å². The van der Waals surface area contributed by atoms with Crippen LogP contribution in [0.3, 0.4) is 0 Å². The first-order valence-electron chi connectivity index (χ1n) is 11.9. The zero-order chi connectivity index (χ0) is 27.1. The highest BCUT2D eigenvalue weighted by molar-refractivity contribution is 5.91. The van der Waals surface area contributed by atoms with Gasteiger partial charge in [-0.2, -0.15) is 0 Å². The second kappa shape index (κ2) is 11.7. The van der Waals surface area contributed by atoms with Gasteiger partial charge in [-0.1, -0.05) is 54.6 Å². The third-order valence-corrected chi connectivity index (χ3v) is 5.90. The Labute approximate surface area is 219 Å². The molecule has 1 aliphatic heterocycles. The molecule has 9 nitrogen and oxygen atoms in total. The molecule has 1 heterocycles. The average molecular weight is 519 g/mol. The van der Waals surface area contributed by atoms with Crippen LogP contribution in [0, 0.1) is 0 Å². The van der Waals surface area contributed by atoms with E-state index in [9.17, 15) is 19.2 Å². The summed E-state index contributed by atoms with van der Waals surface area (Å²) in [5.41, 5.74) is -1.02. The van der Waals surface area contributed by atoms with Crippen molar-refractivity contribution in [2.75, 3.05) is 6.61 Å². The van der Waals surface area contributed by atoms with Gasteiger partial charge < -0.3 is 23.7 Å². The van der Waals surface area contributed by atoms with Crippen LogP contribution in [0.4, 0.5) is 0 Å². The predicted octanol–water partition coefficient (Wildman–Crippen LogP) is 3.97. The topological polar surface area (TPSA) is 114 Å². The number of ether oxygens (including phenoxy) is 5. The summed E-state index contributed by atoms with van der Waals surface area (Å²) >= 11 is 0. The molecule has 0 bridgehead atoms. The van der Waals surface area contributed by atoms with Crippen LogP contribution < -0.4 is 0 Å². The van der Waals surface area contributed by atoms with E-state index >= 15 is 0 Å². The van der Waals surface area contributed by atoms with Crippen molar-refractivity contribution in [1.29, 1.82) is 0 Å². The number of hydrogen-bond donors (Lipinski definition) is 0. The molecule has 0 N–H and O–H groups in total. The number of carbonyl (C=O) groups excluding carboxylic acids is 4. The molecule has 1 fully saturated rings. The molecule has 3 aromatic rings. The van der Waals surface area contributed by atoms with E-state index in [-0.39, 0.29) is 17.7 Å². The van der Waals surface area contributed by atoms with Gasteiger partial charge in [-0.05, 0) is 43.3 Å². The standard InChI is InChI=1S/C29H26O9/c1-19(30)35-28-29(2,38-27(33)22-16-10-5-11-17-22)24(37-26(32)21-14-8-4-9-15-21)23(36-28)18-34-25(31)20-12-6-3-7-13-20/h3-17,23-24,28H,18H2,1-2H3/t23-,24-,28?,29-/m1/s1. The molecule has 1 unspecified atom stereocenters. The van der Waals surface area contributed by atoms with E-state index in [0.717, 1.165) is 6.92 Å². The Kier molecular flexibility index (Phi) is 8.18. The molecular formula is C29H26O9. The molecule has 196 valence electrons. The Morgan fingerprint density at radius 1 is 0.711 bits per heavy atom. The van der Waals surface area contributed by atoms with Crippen molar-refractivity contribution in [2.24, 2.45) is 0 Å². The van der Waals surface area contributed by atoms with Crippen molar-refractivity contribution in [1.82, 2.24) is 0 Å². The lowest BCUT2D eigenvalue weighted by molar-refractivity contribution is -0.206. The summed E-state index contributed by atoms with van der Waals surface area (Å²) in [6.45, 7) is 2.22. The molecule has 4 atom stereocenters. The quantitative estimate of drug-likeness (QED) is 0.323. The normalized spacial score (nSPS) is 22.2. The van der Waals surface area contributed by atoms with Gasteiger partial charge in [0.2, 0.25) is 11.9 Å². The molecule has 0 saturated carbocycles. The zero-order valence-electron chi connectivity index (χ0n) is 20.8. The minimum absolute atomic E-state index is 0.224. The van der Waals surface area contributed by atoms with Gasteiger partial charge >= 0.3 is 23.9 Å². The molecule has 3 aromatic carbocycles. The number of esters is 4. The van der Waals surface area contributed by atoms with E-state index in [1.54, 1.807) is 91.0 Å². The zero-order valence-corrected chi connectivity index (χ0v) is 20.8. The maximum atomic E-state index is 13.1. The number of hydrogen-bond acceptors (Lipinski definition) is 9. The van der Waals surface area contributed by atoms with E-state index < -0.39 is 48.0 Å². The summed E-state index contributed by atoms with van der Waals surface area (Å²) < 4.78 is 28.2. The van der Waals surface area contributed by atoms with Crippen LogP contribution in [0.2, 0.25) is 0 Å². The van der Waals surface area contributed by atoms with Gasteiger partial charge in [0.15, 0.2) is 6.10 Å². The first-order valence-corrected chi connectivity index (χ1v) is 11.9. The fourth-order valence-corrected chi connectivity index (χ4v) is 4.00. The summed E-state index contributed by atoms with van der Waals surface area (Å²) in [6.07, 6.45) is -3.90. The molecular weight excluding hydrogens is 492 g/mol. The smallest absolute Gasteiger partial charge is 0.339 e. The van der Waals surface area contributed by atoms with E-state index in [1.807, 2.05) is 0 Å². The van der Waals surface area contributed by atoms with Gasteiger partial charge in [0.05, 0.1) is 16.7 Å². The van der Waals surface area contributed by atoms with Crippen LogP contribution in [-0.2, 0) is 28.5 Å². The average Bonchev–Trinajstić information content (AvgIpc) is 3.17. The van der Waals surface area contributed by atoms with Crippen molar-refractivity contribution < 1.29 is 42.9 Å². The molecule has 0 radical (unpaired) electrons.